The predicted octanol–water partition coefficient (Wildman–Crippen LogP) is 4.67. The van der Waals surface area contributed by atoms with Gasteiger partial charge in [0.25, 0.3) is 5.91 Å². The van der Waals surface area contributed by atoms with Crippen LogP contribution in [0.15, 0.2) is 66.3 Å². The second-order valence-corrected chi connectivity index (χ2v) is 7.68. The number of rotatable bonds is 7. The Labute approximate surface area is 177 Å². The molecule has 0 saturated heterocycles. The van der Waals surface area contributed by atoms with Crippen molar-refractivity contribution in [2.45, 2.75) is 20.1 Å². The number of nitrogens with zero attached hydrogens (tertiary/aromatic N) is 3. The van der Waals surface area contributed by atoms with Crippen molar-refractivity contribution in [2.75, 3.05) is 5.32 Å². The average molecular weight is 422 g/mol. The monoisotopic (exact) mass is 422 g/mol. The molecule has 1 N–H and O–H groups in total. The number of thiophene rings is 1. The van der Waals surface area contributed by atoms with Crippen LogP contribution in [0, 0.1) is 12.7 Å². The maximum Gasteiger partial charge on any atom is 0.268 e. The number of anilines is 1. The summed E-state index contributed by atoms with van der Waals surface area (Å²) in [5, 5.41) is 8.84. The lowest BCUT2D eigenvalue weighted by Gasteiger charge is -2.04. The van der Waals surface area contributed by atoms with Gasteiger partial charge in [0.1, 0.15) is 24.5 Å². The minimum atomic E-state index is -0.354. The largest absolute Gasteiger partial charge is 0.489 e. The van der Waals surface area contributed by atoms with Crippen LogP contribution in [0.4, 0.5) is 10.3 Å². The molecule has 152 valence electrons. The smallest absolute Gasteiger partial charge is 0.268 e. The second-order valence-electron chi connectivity index (χ2n) is 6.77. The fraction of sp³-hybridized carbons (Fsp3) is 0.136. The van der Waals surface area contributed by atoms with Crippen molar-refractivity contribution in [1.29, 1.82) is 0 Å². The summed E-state index contributed by atoms with van der Waals surface area (Å²) >= 11 is 1.30. The van der Waals surface area contributed by atoms with Crippen molar-refractivity contribution >= 4 is 23.2 Å². The van der Waals surface area contributed by atoms with E-state index < -0.39 is 0 Å². The number of ether oxygens (including phenoxy) is 1. The van der Waals surface area contributed by atoms with Gasteiger partial charge in [-0.1, -0.05) is 35.9 Å². The fourth-order valence-corrected chi connectivity index (χ4v) is 3.56. The van der Waals surface area contributed by atoms with Crippen molar-refractivity contribution in [3.05, 3.63) is 93.7 Å². The molecule has 8 heteroatoms. The fourth-order valence-electron chi connectivity index (χ4n) is 2.77. The number of aryl methyl sites for hydroxylation is 1. The van der Waals surface area contributed by atoms with E-state index in [1.54, 1.807) is 29.2 Å². The van der Waals surface area contributed by atoms with E-state index in [0.29, 0.717) is 17.2 Å². The Kier molecular flexibility index (Phi) is 5.85. The quantitative estimate of drug-likeness (QED) is 0.470. The van der Waals surface area contributed by atoms with Gasteiger partial charge in [-0.2, -0.15) is 0 Å². The molecule has 2 aromatic carbocycles. The summed E-state index contributed by atoms with van der Waals surface area (Å²) in [4.78, 5) is 17.1. The summed E-state index contributed by atoms with van der Waals surface area (Å²) in [7, 11) is 0. The predicted molar refractivity (Wildman–Crippen MR) is 113 cm³/mol. The van der Waals surface area contributed by atoms with Crippen molar-refractivity contribution in [2.24, 2.45) is 0 Å². The van der Waals surface area contributed by atoms with Crippen LogP contribution in [0.1, 0.15) is 26.4 Å². The van der Waals surface area contributed by atoms with E-state index >= 15 is 0 Å². The summed E-state index contributed by atoms with van der Waals surface area (Å²) < 4.78 is 20.4. The van der Waals surface area contributed by atoms with Crippen LogP contribution in [0.25, 0.3) is 0 Å². The van der Waals surface area contributed by atoms with Gasteiger partial charge in [0.05, 0.1) is 11.4 Å². The molecule has 0 aliphatic rings. The van der Waals surface area contributed by atoms with E-state index in [2.05, 4.69) is 15.4 Å². The minimum absolute atomic E-state index is 0.247. The average Bonchev–Trinajstić information content (AvgIpc) is 3.38. The van der Waals surface area contributed by atoms with Gasteiger partial charge < -0.3 is 4.74 Å². The molecule has 0 unspecified atom stereocenters. The highest BCUT2D eigenvalue weighted by atomic mass is 32.1. The third-order valence-electron chi connectivity index (χ3n) is 4.31. The van der Waals surface area contributed by atoms with Crippen molar-refractivity contribution in [3.8, 4) is 5.75 Å². The lowest BCUT2D eigenvalue weighted by Crippen LogP contribution is -2.12. The van der Waals surface area contributed by atoms with Gasteiger partial charge >= 0.3 is 0 Å². The summed E-state index contributed by atoms with van der Waals surface area (Å²) in [6.45, 7) is 2.86. The van der Waals surface area contributed by atoms with Gasteiger partial charge in [-0.3, -0.25) is 10.1 Å². The molecule has 4 rings (SSSR count). The van der Waals surface area contributed by atoms with Gasteiger partial charge in [0.15, 0.2) is 0 Å². The first-order chi connectivity index (χ1) is 14.5. The zero-order chi connectivity index (χ0) is 20.9. The number of nitrogens with one attached hydrogen (secondary N) is 1. The van der Waals surface area contributed by atoms with E-state index in [4.69, 9.17) is 4.74 Å². The highest BCUT2D eigenvalue weighted by molar-refractivity contribution is 7.12. The first-order valence-corrected chi connectivity index (χ1v) is 10.2. The highest BCUT2D eigenvalue weighted by Crippen LogP contribution is 2.19. The molecule has 0 atom stereocenters. The Morgan fingerprint density at radius 2 is 2.00 bits per heavy atom. The standard InChI is InChI=1S/C22H19FN4O2S/c1-15-5-7-16(8-6-15)11-27-14-24-22(26-27)25-21(28)20-9-17(13-30-20)12-29-19-4-2-3-18(23)10-19/h2-10,13-14H,11-12H2,1H3,(H,25,26,28). The molecular formula is C22H19FN4O2S. The summed E-state index contributed by atoms with van der Waals surface area (Å²) in [5.74, 6) is 0.0471. The number of carbonyl (C=O) groups is 1. The number of carbonyl (C=O) groups excluding carboxylic acids is 1. The molecule has 2 heterocycles. The molecule has 30 heavy (non-hydrogen) atoms. The van der Waals surface area contributed by atoms with Gasteiger partial charge in [0, 0.05) is 11.6 Å². The number of aromatic nitrogens is 3. The van der Waals surface area contributed by atoms with E-state index in [-0.39, 0.29) is 24.3 Å². The van der Waals surface area contributed by atoms with Crippen LogP contribution < -0.4 is 10.1 Å². The minimum Gasteiger partial charge on any atom is -0.489 e. The maximum atomic E-state index is 13.2. The normalized spacial score (nSPS) is 10.7. The van der Waals surface area contributed by atoms with Gasteiger partial charge in [-0.25, -0.2) is 14.1 Å². The van der Waals surface area contributed by atoms with Crippen LogP contribution in [0.5, 0.6) is 5.75 Å². The number of hydrogen-bond acceptors (Lipinski definition) is 5. The SMILES string of the molecule is Cc1ccc(Cn2cnc(NC(=O)c3cc(COc4cccc(F)c4)cs3)n2)cc1. The zero-order valence-corrected chi connectivity index (χ0v) is 17.0. The van der Waals surface area contributed by atoms with Crippen LogP contribution in [-0.4, -0.2) is 20.7 Å². The molecule has 0 bridgehead atoms. The molecule has 1 amide bonds. The zero-order valence-electron chi connectivity index (χ0n) is 16.2. The molecule has 0 radical (unpaired) electrons. The molecule has 0 aliphatic carbocycles. The van der Waals surface area contributed by atoms with Crippen molar-refractivity contribution < 1.29 is 13.9 Å². The number of benzene rings is 2. The molecule has 0 spiro atoms. The number of halogens is 1. The van der Waals surface area contributed by atoms with Gasteiger partial charge in [-0.15, -0.1) is 16.4 Å². The molecule has 2 aromatic heterocycles. The molecule has 6 nitrogen and oxygen atoms in total. The third-order valence-corrected chi connectivity index (χ3v) is 5.28. The van der Waals surface area contributed by atoms with Crippen LogP contribution in [-0.2, 0) is 13.2 Å². The van der Waals surface area contributed by atoms with Gasteiger partial charge in [0.2, 0.25) is 5.95 Å². The van der Waals surface area contributed by atoms with Crippen molar-refractivity contribution in [3.63, 3.8) is 0 Å². The van der Waals surface area contributed by atoms with Crippen LogP contribution in [0.3, 0.4) is 0 Å². The number of amides is 1. The first-order valence-electron chi connectivity index (χ1n) is 9.27. The van der Waals surface area contributed by atoms with Gasteiger partial charge in [-0.05, 0) is 36.1 Å². The van der Waals surface area contributed by atoms with E-state index in [1.807, 2.05) is 36.6 Å². The summed E-state index contributed by atoms with van der Waals surface area (Å²) in [6.07, 6.45) is 1.59. The highest BCUT2D eigenvalue weighted by Gasteiger charge is 2.12. The van der Waals surface area contributed by atoms with E-state index in [9.17, 15) is 9.18 Å². The van der Waals surface area contributed by atoms with Crippen LogP contribution >= 0.6 is 11.3 Å². The molecular weight excluding hydrogens is 403 g/mol. The Morgan fingerprint density at radius 1 is 1.17 bits per heavy atom. The third kappa shape index (κ3) is 5.09. The van der Waals surface area contributed by atoms with Crippen molar-refractivity contribution in [1.82, 2.24) is 14.8 Å². The molecule has 0 aliphatic heterocycles. The second kappa shape index (κ2) is 8.87. The Morgan fingerprint density at radius 3 is 2.80 bits per heavy atom. The maximum absolute atomic E-state index is 13.2. The topological polar surface area (TPSA) is 69.0 Å². The molecule has 0 fully saturated rings. The lowest BCUT2D eigenvalue weighted by molar-refractivity contribution is 0.102. The Balaban J connectivity index is 1.33. The molecule has 0 saturated carbocycles. The van der Waals surface area contributed by atoms with E-state index in [1.165, 1.54) is 29.0 Å². The Bertz CT molecular complexity index is 1150. The molecule has 4 aromatic rings. The summed E-state index contributed by atoms with van der Waals surface area (Å²) in [6, 6.07) is 15.8. The van der Waals surface area contributed by atoms with E-state index in [0.717, 1.165) is 11.1 Å². The number of hydrogen-bond donors (Lipinski definition) is 1. The lowest BCUT2D eigenvalue weighted by atomic mass is 10.1. The van der Waals surface area contributed by atoms with Crippen LogP contribution in [0.2, 0.25) is 0 Å². The first kappa shape index (κ1) is 19.8. The summed E-state index contributed by atoms with van der Waals surface area (Å²) in [5.41, 5.74) is 3.12. The Hall–Kier alpha value is -3.52.